The number of hydrogen-bond donors (Lipinski definition) is 0. The summed E-state index contributed by atoms with van der Waals surface area (Å²) in [6.07, 6.45) is 2.15. The zero-order valence-electron chi connectivity index (χ0n) is 8.62. The molecule has 0 N–H and O–H groups in total. The summed E-state index contributed by atoms with van der Waals surface area (Å²) < 4.78 is 0. The second-order valence-electron chi connectivity index (χ2n) is 3.33. The fourth-order valence-corrected chi connectivity index (χ4v) is 1.24. The van der Waals surface area contributed by atoms with Crippen LogP contribution in [-0.4, -0.2) is 13.6 Å². The second kappa shape index (κ2) is 4.70. The van der Waals surface area contributed by atoms with Gasteiger partial charge in [0.15, 0.2) is 0 Å². The van der Waals surface area contributed by atoms with E-state index >= 15 is 0 Å². The maximum Gasteiger partial charge on any atom is 0.0382 e. The first-order valence-corrected chi connectivity index (χ1v) is 4.62. The van der Waals surface area contributed by atoms with E-state index in [9.17, 15) is 0 Å². The Labute approximate surface area is 80.7 Å². The van der Waals surface area contributed by atoms with Crippen molar-refractivity contribution in [3.05, 3.63) is 42.0 Å². The van der Waals surface area contributed by atoms with Crippen molar-refractivity contribution >= 4 is 5.69 Å². The van der Waals surface area contributed by atoms with Crippen LogP contribution in [0.1, 0.15) is 13.8 Å². The van der Waals surface area contributed by atoms with Crippen LogP contribution in [0, 0.1) is 0 Å². The highest BCUT2D eigenvalue weighted by molar-refractivity contribution is 5.46. The molecule has 0 amide bonds. The number of anilines is 1. The molecule has 0 aliphatic rings. The van der Waals surface area contributed by atoms with Gasteiger partial charge in [0, 0.05) is 19.3 Å². The topological polar surface area (TPSA) is 3.24 Å². The largest absolute Gasteiger partial charge is 0.371 e. The number of likely N-dealkylation sites (N-methyl/N-ethyl adjacent to an activating group) is 1. The highest BCUT2D eigenvalue weighted by Gasteiger charge is 1.98. The summed E-state index contributed by atoms with van der Waals surface area (Å²) in [5.74, 6) is 0. The first-order chi connectivity index (χ1) is 6.24. The summed E-state index contributed by atoms with van der Waals surface area (Å²) >= 11 is 0. The van der Waals surface area contributed by atoms with Crippen LogP contribution in [0.4, 0.5) is 5.69 Å². The predicted octanol–water partition coefficient (Wildman–Crippen LogP) is 3.09. The van der Waals surface area contributed by atoms with E-state index in [-0.39, 0.29) is 0 Å². The first kappa shape index (κ1) is 9.85. The van der Waals surface area contributed by atoms with Crippen LogP contribution >= 0.6 is 0 Å². The molecule has 70 valence electrons. The molecule has 0 radical (unpaired) electrons. The summed E-state index contributed by atoms with van der Waals surface area (Å²) in [7, 11) is 2.11. The molecule has 1 heteroatoms. The third-order valence-corrected chi connectivity index (χ3v) is 2.18. The van der Waals surface area contributed by atoms with Gasteiger partial charge < -0.3 is 4.90 Å². The van der Waals surface area contributed by atoms with E-state index in [1.807, 2.05) is 6.07 Å². The lowest BCUT2D eigenvalue weighted by Crippen LogP contribution is -2.18. The summed E-state index contributed by atoms with van der Waals surface area (Å²) in [6.45, 7) is 5.23. The fraction of sp³-hybridized carbons (Fsp3) is 0.333. The minimum absolute atomic E-state index is 1.00. The molecule has 0 fully saturated rings. The fourth-order valence-electron chi connectivity index (χ4n) is 1.24. The molecule has 0 saturated heterocycles. The number of benzene rings is 1. The third kappa shape index (κ3) is 2.94. The van der Waals surface area contributed by atoms with Crippen LogP contribution in [0.15, 0.2) is 42.0 Å². The summed E-state index contributed by atoms with van der Waals surface area (Å²) in [5, 5.41) is 0. The van der Waals surface area contributed by atoms with E-state index in [1.165, 1.54) is 11.3 Å². The van der Waals surface area contributed by atoms with Gasteiger partial charge in [-0.15, -0.1) is 0 Å². The Kier molecular flexibility index (Phi) is 3.56. The van der Waals surface area contributed by atoms with E-state index in [0.29, 0.717) is 0 Å². The van der Waals surface area contributed by atoms with Gasteiger partial charge in [-0.3, -0.25) is 0 Å². The average Bonchev–Trinajstić information content (AvgIpc) is 2.19. The quantitative estimate of drug-likeness (QED) is 0.638. The standard InChI is InChI=1S/C12H17N/c1-4-11(2)10-13(3)12-8-6-5-7-9-12/h4-9H,10H2,1-3H3/b11-4+. The van der Waals surface area contributed by atoms with Gasteiger partial charge in [0.1, 0.15) is 0 Å². The number of nitrogens with zero attached hydrogens (tertiary/aromatic N) is 1. The monoisotopic (exact) mass is 175 g/mol. The second-order valence-corrected chi connectivity index (χ2v) is 3.33. The van der Waals surface area contributed by atoms with Crippen molar-refractivity contribution in [1.82, 2.24) is 0 Å². The van der Waals surface area contributed by atoms with Crippen molar-refractivity contribution in [3.8, 4) is 0 Å². The third-order valence-electron chi connectivity index (χ3n) is 2.18. The van der Waals surface area contributed by atoms with E-state index in [2.05, 4.69) is 56.1 Å². The maximum atomic E-state index is 2.25. The number of para-hydroxylation sites is 1. The minimum atomic E-state index is 1.00. The van der Waals surface area contributed by atoms with Gasteiger partial charge in [0.25, 0.3) is 0 Å². The molecule has 13 heavy (non-hydrogen) atoms. The molecule has 0 saturated carbocycles. The molecular weight excluding hydrogens is 158 g/mol. The van der Waals surface area contributed by atoms with Crippen LogP contribution in [0.5, 0.6) is 0 Å². The molecule has 0 aromatic heterocycles. The van der Waals surface area contributed by atoms with Gasteiger partial charge in [-0.25, -0.2) is 0 Å². The summed E-state index contributed by atoms with van der Waals surface area (Å²) in [6, 6.07) is 10.4. The molecule has 0 bridgehead atoms. The zero-order valence-corrected chi connectivity index (χ0v) is 8.62. The normalized spacial score (nSPS) is 11.5. The SMILES string of the molecule is C/C=C(\C)CN(C)c1ccccc1. The Bertz CT molecular complexity index is 274. The van der Waals surface area contributed by atoms with Crippen molar-refractivity contribution in [2.45, 2.75) is 13.8 Å². The smallest absolute Gasteiger partial charge is 0.0382 e. The van der Waals surface area contributed by atoms with Crippen LogP contribution in [-0.2, 0) is 0 Å². The average molecular weight is 175 g/mol. The number of allylic oxidation sites excluding steroid dienone is 1. The van der Waals surface area contributed by atoms with Crippen molar-refractivity contribution in [2.75, 3.05) is 18.5 Å². The van der Waals surface area contributed by atoms with Crippen LogP contribution in [0.2, 0.25) is 0 Å². The minimum Gasteiger partial charge on any atom is -0.371 e. The predicted molar refractivity (Wildman–Crippen MR) is 59.1 cm³/mol. The maximum absolute atomic E-state index is 2.25. The Morgan fingerprint density at radius 3 is 2.46 bits per heavy atom. The van der Waals surface area contributed by atoms with E-state index < -0.39 is 0 Å². The van der Waals surface area contributed by atoms with Crippen molar-refractivity contribution in [1.29, 1.82) is 0 Å². The Balaban J connectivity index is 2.64. The van der Waals surface area contributed by atoms with Gasteiger partial charge >= 0.3 is 0 Å². The van der Waals surface area contributed by atoms with Gasteiger partial charge in [-0.2, -0.15) is 0 Å². The molecular formula is C12H17N. The molecule has 1 rings (SSSR count). The Morgan fingerprint density at radius 2 is 1.92 bits per heavy atom. The molecule has 0 unspecified atom stereocenters. The van der Waals surface area contributed by atoms with Gasteiger partial charge in [0.2, 0.25) is 0 Å². The van der Waals surface area contributed by atoms with E-state index in [1.54, 1.807) is 0 Å². The summed E-state index contributed by atoms with van der Waals surface area (Å²) in [5.41, 5.74) is 2.66. The van der Waals surface area contributed by atoms with Crippen LogP contribution in [0.25, 0.3) is 0 Å². The molecule has 0 aliphatic carbocycles. The molecule has 0 spiro atoms. The lowest BCUT2D eigenvalue weighted by atomic mass is 10.2. The van der Waals surface area contributed by atoms with Gasteiger partial charge in [-0.1, -0.05) is 29.8 Å². The molecule has 0 atom stereocenters. The number of rotatable bonds is 3. The van der Waals surface area contributed by atoms with Crippen molar-refractivity contribution in [2.24, 2.45) is 0 Å². The lowest BCUT2D eigenvalue weighted by molar-refractivity contribution is 0.979. The van der Waals surface area contributed by atoms with Crippen molar-refractivity contribution in [3.63, 3.8) is 0 Å². The number of hydrogen-bond acceptors (Lipinski definition) is 1. The van der Waals surface area contributed by atoms with Crippen LogP contribution < -0.4 is 4.90 Å². The van der Waals surface area contributed by atoms with Gasteiger partial charge in [-0.05, 0) is 26.0 Å². The van der Waals surface area contributed by atoms with Crippen molar-refractivity contribution < 1.29 is 0 Å². The highest BCUT2D eigenvalue weighted by atomic mass is 15.1. The summed E-state index contributed by atoms with van der Waals surface area (Å²) in [4.78, 5) is 2.25. The zero-order chi connectivity index (χ0) is 9.68. The van der Waals surface area contributed by atoms with Gasteiger partial charge in [0.05, 0.1) is 0 Å². The van der Waals surface area contributed by atoms with E-state index in [4.69, 9.17) is 0 Å². The van der Waals surface area contributed by atoms with E-state index in [0.717, 1.165) is 6.54 Å². The molecule has 1 aromatic rings. The highest BCUT2D eigenvalue weighted by Crippen LogP contribution is 2.12. The Morgan fingerprint density at radius 1 is 1.31 bits per heavy atom. The molecule has 1 nitrogen and oxygen atoms in total. The first-order valence-electron chi connectivity index (χ1n) is 4.62. The Hall–Kier alpha value is -1.24. The van der Waals surface area contributed by atoms with Crippen LogP contribution in [0.3, 0.4) is 0 Å². The lowest BCUT2D eigenvalue weighted by Gasteiger charge is -2.19. The molecule has 0 aliphatic heterocycles. The molecule has 0 heterocycles. The molecule has 1 aromatic carbocycles.